The number of pyridine rings is 1. The SMILES string of the molecule is Cn1cccc(-c2ccc(Cl)cc2Cl)c1=O. The molecule has 0 spiro atoms. The van der Waals surface area contributed by atoms with Crippen LogP contribution in [-0.2, 0) is 7.05 Å². The first kappa shape index (κ1) is 11.2. The summed E-state index contributed by atoms with van der Waals surface area (Å²) in [5.41, 5.74) is 1.20. The fourth-order valence-electron chi connectivity index (χ4n) is 1.51. The third-order valence-corrected chi connectivity index (χ3v) is 2.89. The zero-order valence-electron chi connectivity index (χ0n) is 8.58. The Morgan fingerprint density at radius 3 is 2.56 bits per heavy atom. The van der Waals surface area contributed by atoms with Gasteiger partial charge in [-0.25, -0.2) is 0 Å². The number of rotatable bonds is 1. The standard InChI is InChI=1S/C12H9Cl2NO/c1-15-6-2-3-10(12(15)16)9-5-4-8(13)7-11(9)14/h2-7H,1H3. The molecule has 0 N–H and O–H groups in total. The maximum absolute atomic E-state index is 11.9. The average molecular weight is 254 g/mol. The maximum atomic E-state index is 11.9. The Hall–Kier alpha value is -1.25. The molecule has 0 saturated heterocycles. The Labute approximate surface area is 103 Å². The van der Waals surface area contributed by atoms with E-state index in [1.165, 1.54) is 4.57 Å². The molecule has 1 aromatic heterocycles. The molecule has 0 fully saturated rings. The van der Waals surface area contributed by atoms with Crippen molar-refractivity contribution in [2.24, 2.45) is 7.05 Å². The molecule has 1 heterocycles. The van der Waals surface area contributed by atoms with Crippen molar-refractivity contribution in [1.29, 1.82) is 0 Å². The van der Waals surface area contributed by atoms with E-state index in [0.717, 1.165) is 0 Å². The Morgan fingerprint density at radius 2 is 1.88 bits per heavy atom. The lowest BCUT2D eigenvalue weighted by atomic mass is 10.1. The predicted molar refractivity (Wildman–Crippen MR) is 67.1 cm³/mol. The Balaban J connectivity index is 2.68. The second-order valence-corrected chi connectivity index (χ2v) is 4.31. The van der Waals surface area contributed by atoms with Crippen LogP contribution < -0.4 is 5.56 Å². The van der Waals surface area contributed by atoms with Crippen molar-refractivity contribution in [1.82, 2.24) is 4.57 Å². The lowest BCUT2D eigenvalue weighted by Crippen LogP contribution is -2.17. The van der Waals surface area contributed by atoms with E-state index in [9.17, 15) is 4.79 Å². The van der Waals surface area contributed by atoms with Gasteiger partial charge in [-0.2, -0.15) is 0 Å². The van der Waals surface area contributed by atoms with E-state index in [4.69, 9.17) is 23.2 Å². The number of hydrogen-bond acceptors (Lipinski definition) is 1. The van der Waals surface area contributed by atoms with Gasteiger partial charge < -0.3 is 4.57 Å². The van der Waals surface area contributed by atoms with Crippen molar-refractivity contribution in [2.45, 2.75) is 0 Å². The molecule has 0 bridgehead atoms. The van der Waals surface area contributed by atoms with Crippen LogP contribution in [0.25, 0.3) is 11.1 Å². The zero-order chi connectivity index (χ0) is 11.7. The van der Waals surface area contributed by atoms with Crippen LogP contribution in [0.3, 0.4) is 0 Å². The average Bonchev–Trinajstić information content (AvgIpc) is 2.23. The molecule has 4 heteroatoms. The van der Waals surface area contributed by atoms with Gasteiger partial charge in [-0.05, 0) is 24.3 Å². The molecule has 0 aliphatic carbocycles. The van der Waals surface area contributed by atoms with Crippen molar-refractivity contribution < 1.29 is 0 Å². The first-order valence-corrected chi connectivity index (χ1v) is 5.46. The largest absolute Gasteiger partial charge is 0.318 e. The first-order chi connectivity index (χ1) is 7.59. The number of halogens is 2. The predicted octanol–water partition coefficient (Wildman–Crippen LogP) is 3.36. The molecule has 0 radical (unpaired) electrons. The minimum absolute atomic E-state index is 0.0771. The molecule has 0 atom stereocenters. The summed E-state index contributed by atoms with van der Waals surface area (Å²) in [6, 6.07) is 8.65. The summed E-state index contributed by atoms with van der Waals surface area (Å²) < 4.78 is 1.51. The minimum Gasteiger partial charge on any atom is -0.318 e. The van der Waals surface area contributed by atoms with Gasteiger partial charge in [0.2, 0.25) is 0 Å². The third-order valence-electron chi connectivity index (χ3n) is 2.34. The van der Waals surface area contributed by atoms with Gasteiger partial charge in [-0.1, -0.05) is 29.3 Å². The van der Waals surface area contributed by atoms with Gasteiger partial charge in [-0.15, -0.1) is 0 Å². The Bertz CT molecular complexity index is 590. The van der Waals surface area contributed by atoms with Crippen LogP contribution in [0, 0.1) is 0 Å². The molecule has 2 rings (SSSR count). The van der Waals surface area contributed by atoms with E-state index in [0.29, 0.717) is 21.2 Å². The molecule has 0 aliphatic heterocycles. The van der Waals surface area contributed by atoms with Crippen LogP contribution in [0.1, 0.15) is 0 Å². The molecule has 0 unspecified atom stereocenters. The highest BCUT2D eigenvalue weighted by Gasteiger charge is 2.08. The topological polar surface area (TPSA) is 22.0 Å². The fraction of sp³-hybridized carbons (Fsp3) is 0.0833. The minimum atomic E-state index is -0.0771. The Kier molecular flexibility index (Phi) is 3.03. The molecule has 0 aliphatic rings. The smallest absolute Gasteiger partial charge is 0.258 e. The number of aryl methyl sites for hydroxylation is 1. The second-order valence-electron chi connectivity index (χ2n) is 3.46. The summed E-state index contributed by atoms with van der Waals surface area (Å²) in [5, 5.41) is 1.04. The molecular weight excluding hydrogens is 245 g/mol. The lowest BCUT2D eigenvalue weighted by Gasteiger charge is -2.05. The molecule has 0 saturated carbocycles. The third kappa shape index (κ3) is 1.99. The van der Waals surface area contributed by atoms with Crippen molar-refractivity contribution in [3.8, 4) is 11.1 Å². The van der Waals surface area contributed by atoms with E-state index in [2.05, 4.69) is 0 Å². The monoisotopic (exact) mass is 253 g/mol. The summed E-state index contributed by atoms with van der Waals surface area (Å²) in [7, 11) is 1.70. The summed E-state index contributed by atoms with van der Waals surface area (Å²) in [5.74, 6) is 0. The maximum Gasteiger partial charge on any atom is 0.258 e. The normalized spacial score (nSPS) is 10.4. The number of nitrogens with zero attached hydrogens (tertiary/aromatic N) is 1. The quantitative estimate of drug-likeness (QED) is 0.764. The van der Waals surface area contributed by atoms with Crippen LogP contribution in [0.2, 0.25) is 10.0 Å². The lowest BCUT2D eigenvalue weighted by molar-refractivity contribution is 0.863. The zero-order valence-corrected chi connectivity index (χ0v) is 10.1. The molecule has 2 nitrogen and oxygen atoms in total. The van der Waals surface area contributed by atoms with Gasteiger partial charge >= 0.3 is 0 Å². The van der Waals surface area contributed by atoms with Crippen molar-refractivity contribution in [3.63, 3.8) is 0 Å². The van der Waals surface area contributed by atoms with Gasteiger partial charge in [0, 0.05) is 29.4 Å². The van der Waals surface area contributed by atoms with E-state index < -0.39 is 0 Å². The fourth-order valence-corrected chi connectivity index (χ4v) is 2.02. The number of aromatic nitrogens is 1. The molecule has 2 aromatic rings. The van der Waals surface area contributed by atoms with Crippen molar-refractivity contribution in [3.05, 3.63) is 56.9 Å². The van der Waals surface area contributed by atoms with E-state index in [1.807, 2.05) is 6.07 Å². The van der Waals surface area contributed by atoms with Crippen LogP contribution in [-0.4, -0.2) is 4.57 Å². The second kappa shape index (κ2) is 4.32. The highest BCUT2D eigenvalue weighted by atomic mass is 35.5. The van der Waals surface area contributed by atoms with Gasteiger partial charge in [0.15, 0.2) is 0 Å². The highest BCUT2D eigenvalue weighted by molar-refractivity contribution is 6.36. The van der Waals surface area contributed by atoms with Gasteiger partial charge in [0.25, 0.3) is 5.56 Å². The van der Waals surface area contributed by atoms with Gasteiger partial charge in [-0.3, -0.25) is 4.79 Å². The van der Waals surface area contributed by atoms with Crippen LogP contribution in [0.5, 0.6) is 0 Å². The molecule has 16 heavy (non-hydrogen) atoms. The van der Waals surface area contributed by atoms with Gasteiger partial charge in [0.05, 0.1) is 5.02 Å². The van der Waals surface area contributed by atoms with E-state index in [-0.39, 0.29) is 5.56 Å². The highest BCUT2D eigenvalue weighted by Crippen LogP contribution is 2.28. The summed E-state index contributed by atoms with van der Waals surface area (Å²) >= 11 is 11.9. The number of hydrogen-bond donors (Lipinski definition) is 0. The van der Waals surface area contributed by atoms with Crippen molar-refractivity contribution in [2.75, 3.05) is 0 Å². The van der Waals surface area contributed by atoms with Crippen molar-refractivity contribution >= 4 is 23.2 Å². The van der Waals surface area contributed by atoms with E-state index >= 15 is 0 Å². The van der Waals surface area contributed by atoms with Crippen LogP contribution >= 0.6 is 23.2 Å². The molecule has 1 aromatic carbocycles. The summed E-state index contributed by atoms with van der Waals surface area (Å²) in [6.45, 7) is 0. The number of benzene rings is 1. The molecule has 0 amide bonds. The summed E-state index contributed by atoms with van der Waals surface area (Å²) in [4.78, 5) is 11.9. The van der Waals surface area contributed by atoms with Gasteiger partial charge in [0.1, 0.15) is 0 Å². The van der Waals surface area contributed by atoms with Crippen LogP contribution in [0.4, 0.5) is 0 Å². The molecular formula is C12H9Cl2NO. The van der Waals surface area contributed by atoms with E-state index in [1.54, 1.807) is 37.5 Å². The molecule has 82 valence electrons. The Morgan fingerprint density at radius 1 is 1.12 bits per heavy atom. The first-order valence-electron chi connectivity index (χ1n) is 4.70. The van der Waals surface area contributed by atoms with Crippen LogP contribution in [0.15, 0.2) is 41.3 Å². The summed E-state index contributed by atoms with van der Waals surface area (Å²) in [6.07, 6.45) is 1.70.